The Morgan fingerprint density at radius 2 is 1.11 bits per heavy atom. The van der Waals surface area contributed by atoms with E-state index in [1.54, 1.807) is 0 Å². The minimum absolute atomic E-state index is 0.382. The van der Waals surface area contributed by atoms with Crippen molar-refractivity contribution in [3.8, 4) is 0 Å². The number of halogens is 6. The SMILES string of the molecule is [Cl][Co][Cl].[Cl][Cu][Cl].[Cl][Ni][Cl]. The maximum absolute atomic E-state index is 4.73. The Kier molecular flexibility index (Phi) is 60.9. The van der Waals surface area contributed by atoms with Crippen LogP contribution >= 0.6 is 60.9 Å². The maximum atomic E-state index is 4.73. The summed E-state index contributed by atoms with van der Waals surface area (Å²) in [6.07, 6.45) is 0. The van der Waals surface area contributed by atoms with Gasteiger partial charge in [0, 0.05) is 0 Å². The van der Waals surface area contributed by atoms with Crippen LogP contribution in [0, 0.1) is 0 Å². The van der Waals surface area contributed by atoms with Gasteiger partial charge in [0.15, 0.2) is 0 Å². The first-order chi connectivity index (χ1) is 4.24. The fourth-order valence-electron chi connectivity index (χ4n) is 0. The summed E-state index contributed by atoms with van der Waals surface area (Å²) in [6, 6.07) is 0. The molecule has 0 unspecified atom stereocenters. The van der Waals surface area contributed by atoms with E-state index < -0.39 is 0 Å². The van der Waals surface area contributed by atoms with Crippen LogP contribution in [0.15, 0.2) is 0 Å². The summed E-state index contributed by atoms with van der Waals surface area (Å²) in [5, 5.41) is 0. The van der Waals surface area contributed by atoms with E-state index in [0.29, 0.717) is 25.5 Å². The molecule has 9 heavy (non-hydrogen) atoms. The molecule has 0 aliphatic heterocycles. The van der Waals surface area contributed by atoms with Gasteiger partial charge in [0.1, 0.15) is 0 Å². The van der Waals surface area contributed by atoms with Gasteiger partial charge in [0.25, 0.3) is 0 Å². The first-order valence-electron chi connectivity index (χ1n) is 0.719. The van der Waals surface area contributed by atoms with Crippen molar-refractivity contribution in [2.75, 3.05) is 0 Å². The molecule has 0 nitrogen and oxygen atoms in total. The second-order valence-corrected chi connectivity index (χ2v) is 5.04. The molecular weight excluding hydrogens is 394 g/mol. The van der Waals surface area contributed by atoms with Crippen LogP contribution in [0.5, 0.6) is 0 Å². The van der Waals surface area contributed by atoms with Crippen LogP contribution in [-0.4, -0.2) is 0 Å². The van der Waals surface area contributed by atoms with Gasteiger partial charge in [0.05, 0.1) is 0 Å². The molecule has 0 aromatic rings. The van der Waals surface area contributed by atoms with Gasteiger partial charge in [-0.15, -0.1) is 0 Å². The Morgan fingerprint density at radius 3 is 1.11 bits per heavy atom. The molecule has 0 spiro atoms. The van der Waals surface area contributed by atoms with Crippen molar-refractivity contribution in [1.82, 2.24) is 0 Å². The summed E-state index contributed by atoms with van der Waals surface area (Å²) in [5.41, 5.74) is 0. The molecule has 0 bridgehead atoms. The molecule has 0 aromatic heterocycles. The fraction of sp³-hybridized carbons (Fsp3) is 0. The molecule has 0 rings (SSSR count). The number of hydrogen-bond acceptors (Lipinski definition) is 0. The first-order valence-corrected chi connectivity index (χ1v) is 8.89. The van der Waals surface area contributed by atoms with Crippen molar-refractivity contribution < 1.29 is 38.7 Å². The van der Waals surface area contributed by atoms with Crippen LogP contribution in [0.3, 0.4) is 0 Å². The summed E-state index contributed by atoms with van der Waals surface area (Å²) in [4.78, 5) is 0. The van der Waals surface area contributed by atoms with Gasteiger partial charge in [-0.25, -0.2) is 0 Å². The molecular formula is Cl6CoCuNi. The van der Waals surface area contributed by atoms with Crippen molar-refractivity contribution in [1.29, 1.82) is 0 Å². The van der Waals surface area contributed by atoms with Gasteiger partial charge >= 0.3 is 99.6 Å². The molecule has 0 amide bonds. The molecule has 0 heterocycles. The Bertz CT molecular complexity index is 17.8. The third-order valence-corrected chi connectivity index (χ3v) is 0. The van der Waals surface area contributed by atoms with Gasteiger partial charge < -0.3 is 0 Å². The van der Waals surface area contributed by atoms with Crippen molar-refractivity contribution in [3.05, 3.63) is 0 Å². The van der Waals surface area contributed by atoms with Crippen molar-refractivity contribution in [3.63, 3.8) is 0 Å². The second-order valence-electron chi connectivity index (χ2n) is 0.136. The first kappa shape index (κ1) is 18.1. The zero-order valence-corrected chi connectivity index (χ0v) is 10.7. The van der Waals surface area contributed by atoms with Gasteiger partial charge in [-0.1, -0.05) is 0 Å². The fourth-order valence-corrected chi connectivity index (χ4v) is 0. The average molecular weight is 394 g/mol. The zero-order valence-electron chi connectivity index (χ0n) is 3.22. The minimum atomic E-state index is 0.382. The summed E-state index contributed by atoms with van der Waals surface area (Å²) >= 11 is 1.71. The molecule has 0 radical (unpaired) electrons. The normalized spacial score (nSPS) is 7.33. The predicted molar refractivity (Wildman–Crippen MR) is 35.1 cm³/mol. The van der Waals surface area contributed by atoms with E-state index in [9.17, 15) is 0 Å². The standard InChI is InChI=1S/6ClH.Co.Cu.Ni/h6*1H;;;/q;;;;;;3*+2/p-6. The third kappa shape index (κ3) is 90.9. The second kappa shape index (κ2) is 30.2. The predicted octanol–water partition coefficient (Wildman–Crippen LogP) is 4.13. The van der Waals surface area contributed by atoms with E-state index in [1.165, 1.54) is 0 Å². The monoisotopic (exact) mass is 390 g/mol. The number of hydrogen-bond donors (Lipinski definition) is 0. The zero-order chi connectivity index (χ0) is 8.12. The van der Waals surface area contributed by atoms with Gasteiger partial charge in [0.2, 0.25) is 0 Å². The van der Waals surface area contributed by atoms with E-state index in [0.717, 1.165) is 13.1 Å². The van der Waals surface area contributed by atoms with Crippen molar-refractivity contribution in [2.45, 2.75) is 0 Å². The van der Waals surface area contributed by atoms with Crippen LogP contribution < -0.4 is 0 Å². The van der Waals surface area contributed by atoms with E-state index >= 15 is 0 Å². The summed E-state index contributed by atoms with van der Waals surface area (Å²) < 4.78 is 0. The Hall–Kier alpha value is 3.26. The molecule has 0 saturated heterocycles. The van der Waals surface area contributed by atoms with Crippen LogP contribution in [0.2, 0.25) is 0 Å². The topological polar surface area (TPSA) is 0 Å². The molecule has 9 heteroatoms. The Balaban J connectivity index is -0.0000000600. The molecule has 0 aliphatic rings. The van der Waals surface area contributed by atoms with Crippen molar-refractivity contribution in [2.24, 2.45) is 0 Å². The quantitative estimate of drug-likeness (QED) is 0.543. The van der Waals surface area contributed by atoms with Gasteiger partial charge in [-0.05, 0) is 0 Å². The van der Waals surface area contributed by atoms with E-state index in [2.05, 4.69) is 20.2 Å². The molecule has 0 saturated carbocycles. The van der Waals surface area contributed by atoms with Crippen LogP contribution in [0.25, 0.3) is 0 Å². The average Bonchev–Trinajstić information content (AvgIpc) is 1.70. The Morgan fingerprint density at radius 1 is 1.11 bits per heavy atom. The summed E-state index contributed by atoms with van der Waals surface area (Å²) in [7, 11) is 28.2. The van der Waals surface area contributed by atoms with Crippen LogP contribution in [0.1, 0.15) is 0 Å². The van der Waals surface area contributed by atoms with E-state index in [4.69, 9.17) is 40.7 Å². The van der Waals surface area contributed by atoms with Crippen molar-refractivity contribution >= 4 is 60.9 Å². The third-order valence-electron chi connectivity index (χ3n) is 0. The van der Waals surface area contributed by atoms with Crippen LogP contribution in [-0.2, 0) is 38.7 Å². The van der Waals surface area contributed by atoms with Gasteiger partial charge in [-0.2, -0.15) is 0 Å². The van der Waals surface area contributed by atoms with Crippen LogP contribution in [0.4, 0.5) is 0 Å². The van der Waals surface area contributed by atoms with E-state index in [1.807, 2.05) is 0 Å². The number of rotatable bonds is 0. The molecule has 0 aromatic carbocycles. The van der Waals surface area contributed by atoms with E-state index in [-0.39, 0.29) is 0 Å². The Labute approximate surface area is 98.0 Å². The molecule has 0 N–H and O–H groups in total. The summed E-state index contributed by atoms with van der Waals surface area (Å²) in [5.74, 6) is 0. The molecule has 0 aliphatic carbocycles. The molecule has 72 valence electrons. The van der Waals surface area contributed by atoms with Gasteiger partial charge in [-0.3, -0.25) is 0 Å². The summed E-state index contributed by atoms with van der Waals surface area (Å²) in [6.45, 7) is 0. The molecule has 0 fully saturated rings. The molecule has 0 atom stereocenters.